The van der Waals surface area contributed by atoms with Gasteiger partial charge in [0.2, 0.25) is 0 Å². The molecule has 1 aliphatic heterocycles. The number of hydrogen-bond donors (Lipinski definition) is 5. The highest BCUT2D eigenvalue weighted by Gasteiger charge is 2.28. The van der Waals surface area contributed by atoms with Gasteiger partial charge in [-0.2, -0.15) is 10.2 Å². The SMILES string of the molecule is O=C(O)C(Cc1ccc(O)cc1)NP(=O)=O.O=C(O)C1CCCN1O. The van der Waals surface area contributed by atoms with Crippen LogP contribution < -0.4 is 5.09 Å². The molecule has 0 bridgehead atoms. The number of phenols is 1. The molecule has 1 aromatic carbocycles. The number of rotatable bonds is 6. The molecule has 25 heavy (non-hydrogen) atoms. The Kier molecular flexibility index (Phi) is 8.23. The van der Waals surface area contributed by atoms with Gasteiger partial charge in [0.1, 0.15) is 17.8 Å². The Balaban J connectivity index is 0.000000293. The number of nitrogens with one attached hydrogen (secondary N) is 1. The van der Waals surface area contributed by atoms with E-state index in [2.05, 4.69) is 0 Å². The van der Waals surface area contributed by atoms with Crippen LogP contribution in [-0.4, -0.2) is 56.2 Å². The lowest BCUT2D eigenvalue weighted by Gasteiger charge is -2.11. The van der Waals surface area contributed by atoms with Gasteiger partial charge >= 0.3 is 19.8 Å². The number of carbonyl (C=O) groups is 2. The molecule has 138 valence electrons. The third-order valence-electron chi connectivity index (χ3n) is 3.45. The minimum absolute atomic E-state index is 0.0267. The van der Waals surface area contributed by atoms with Crippen molar-refractivity contribution in [2.45, 2.75) is 31.3 Å². The minimum atomic E-state index is -2.95. The van der Waals surface area contributed by atoms with Crippen molar-refractivity contribution in [1.82, 2.24) is 10.2 Å². The molecular weight excluding hydrogens is 355 g/mol. The Morgan fingerprint density at radius 3 is 2.20 bits per heavy atom. The highest BCUT2D eigenvalue weighted by Crippen LogP contribution is 2.14. The molecule has 1 saturated heterocycles. The number of phenolic OH excluding ortho intramolecular Hbond substituents is 1. The first kappa shape index (κ1) is 20.8. The van der Waals surface area contributed by atoms with Crippen LogP contribution in [0.5, 0.6) is 5.75 Å². The van der Waals surface area contributed by atoms with E-state index in [1.807, 2.05) is 5.09 Å². The predicted molar refractivity (Wildman–Crippen MR) is 83.8 cm³/mol. The van der Waals surface area contributed by atoms with Crippen LogP contribution in [0.4, 0.5) is 0 Å². The molecule has 0 saturated carbocycles. The average Bonchev–Trinajstić information content (AvgIpc) is 2.95. The Hall–Kier alpha value is -2.26. The largest absolute Gasteiger partial charge is 0.508 e. The van der Waals surface area contributed by atoms with Crippen molar-refractivity contribution < 1.29 is 39.2 Å². The fraction of sp³-hybridized carbons (Fsp3) is 0.429. The average molecular weight is 374 g/mol. The standard InChI is InChI=1S/C9H10NO5P.C5H9NO3/c11-7-3-1-6(2-4-7)5-8(9(12)13)10-16(14)15;7-5(8)4-2-1-3-6(4)9/h1-4,8,11H,5H2,(H,12,13)(H,10,14,15);4,9H,1-3H2,(H,7,8). The van der Waals surface area contributed by atoms with Gasteiger partial charge in [0, 0.05) is 6.54 Å². The molecule has 0 aromatic heterocycles. The molecule has 1 aliphatic rings. The summed E-state index contributed by atoms with van der Waals surface area (Å²) < 4.78 is 20.8. The number of carboxylic acids is 2. The monoisotopic (exact) mass is 374 g/mol. The van der Waals surface area contributed by atoms with Crippen molar-refractivity contribution >= 4 is 19.8 Å². The molecular formula is C14H19N2O8P. The Bertz CT molecular complexity index is 653. The van der Waals surface area contributed by atoms with Gasteiger partial charge in [-0.3, -0.25) is 9.59 Å². The van der Waals surface area contributed by atoms with Crippen LogP contribution in [0.25, 0.3) is 0 Å². The first-order valence-corrected chi connectivity index (χ1v) is 8.48. The molecule has 0 amide bonds. The third-order valence-corrected chi connectivity index (χ3v) is 3.97. The van der Waals surface area contributed by atoms with Crippen LogP contribution in [0, 0.1) is 0 Å². The summed E-state index contributed by atoms with van der Waals surface area (Å²) in [6.45, 7) is 0.483. The second kappa shape index (κ2) is 9.90. The maximum absolute atomic E-state index is 10.7. The number of carboxylic acid groups (broad SMARTS) is 2. The molecule has 5 N–H and O–H groups in total. The first-order valence-electron chi connectivity index (χ1n) is 7.30. The maximum Gasteiger partial charge on any atom is 0.396 e. The molecule has 0 aliphatic carbocycles. The quantitative estimate of drug-likeness (QED) is 0.453. The van der Waals surface area contributed by atoms with E-state index < -0.39 is 31.9 Å². The number of aromatic hydroxyl groups is 1. The van der Waals surface area contributed by atoms with Gasteiger partial charge in [0.25, 0.3) is 0 Å². The van der Waals surface area contributed by atoms with Gasteiger partial charge in [-0.05, 0) is 37.0 Å². The highest BCUT2D eigenvalue weighted by molar-refractivity contribution is 7.28. The van der Waals surface area contributed by atoms with E-state index >= 15 is 0 Å². The van der Waals surface area contributed by atoms with Gasteiger partial charge < -0.3 is 20.5 Å². The normalized spacial score (nSPS) is 18.0. The number of nitrogens with zero attached hydrogens (tertiary/aromatic N) is 1. The molecule has 10 nitrogen and oxygen atoms in total. The van der Waals surface area contributed by atoms with Crippen molar-refractivity contribution in [3.63, 3.8) is 0 Å². The molecule has 0 radical (unpaired) electrons. The summed E-state index contributed by atoms with van der Waals surface area (Å²) in [6.07, 6.45) is 1.36. The number of hydroxylamine groups is 2. The number of benzene rings is 1. The highest BCUT2D eigenvalue weighted by atomic mass is 31.1. The fourth-order valence-electron chi connectivity index (χ4n) is 2.19. The Labute approximate surface area is 143 Å². The van der Waals surface area contributed by atoms with Crippen molar-refractivity contribution in [3.8, 4) is 5.75 Å². The molecule has 2 unspecified atom stereocenters. The lowest BCUT2D eigenvalue weighted by Crippen LogP contribution is -2.33. The van der Waals surface area contributed by atoms with Gasteiger partial charge in [0.15, 0.2) is 0 Å². The Morgan fingerprint density at radius 2 is 1.84 bits per heavy atom. The summed E-state index contributed by atoms with van der Waals surface area (Å²) in [5.41, 5.74) is 0.620. The summed E-state index contributed by atoms with van der Waals surface area (Å²) in [6, 6.07) is 4.03. The molecule has 1 heterocycles. The minimum Gasteiger partial charge on any atom is -0.508 e. The van der Waals surface area contributed by atoms with Crippen molar-refractivity contribution in [3.05, 3.63) is 29.8 Å². The third kappa shape index (κ3) is 7.44. The molecule has 2 atom stereocenters. The van der Waals surface area contributed by atoms with Gasteiger partial charge in [0.05, 0.1) is 0 Å². The summed E-state index contributed by atoms with van der Waals surface area (Å²) in [4.78, 5) is 20.9. The zero-order chi connectivity index (χ0) is 19.0. The van der Waals surface area contributed by atoms with Crippen molar-refractivity contribution in [2.75, 3.05) is 6.54 Å². The lowest BCUT2D eigenvalue weighted by atomic mass is 10.1. The number of aliphatic carboxylic acids is 2. The second-order valence-corrected chi connectivity index (χ2v) is 6.08. The molecule has 0 spiro atoms. The van der Waals surface area contributed by atoms with Crippen LogP contribution in [0.3, 0.4) is 0 Å². The molecule has 1 fully saturated rings. The zero-order valence-electron chi connectivity index (χ0n) is 13.1. The van der Waals surface area contributed by atoms with Gasteiger partial charge in [-0.25, -0.2) is 9.13 Å². The van der Waals surface area contributed by atoms with Gasteiger partial charge in [-0.15, -0.1) is 0 Å². The smallest absolute Gasteiger partial charge is 0.396 e. The van der Waals surface area contributed by atoms with Crippen molar-refractivity contribution in [1.29, 1.82) is 0 Å². The summed E-state index contributed by atoms with van der Waals surface area (Å²) in [7, 11) is -2.95. The zero-order valence-corrected chi connectivity index (χ0v) is 14.0. The number of hydrogen-bond acceptors (Lipinski definition) is 7. The topological polar surface area (TPSA) is 164 Å². The molecule has 2 rings (SSSR count). The van der Waals surface area contributed by atoms with E-state index in [4.69, 9.17) is 20.5 Å². The first-order chi connectivity index (χ1) is 11.7. The summed E-state index contributed by atoms with van der Waals surface area (Å²) in [5, 5.41) is 37.8. The second-order valence-electron chi connectivity index (χ2n) is 5.31. The van der Waals surface area contributed by atoms with E-state index in [0.717, 1.165) is 11.5 Å². The fourth-order valence-corrected chi connectivity index (χ4v) is 2.64. The van der Waals surface area contributed by atoms with Crippen LogP contribution >= 0.6 is 7.83 Å². The maximum atomic E-state index is 10.7. The van der Waals surface area contributed by atoms with E-state index in [-0.39, 0.29) is 12.2 Å². The summed E-state index contributed by atoms with van der Waals surface area (Å²) in [5.74, 6) is -2.11. The van der Waals surface area contributed by atoms with Crippen LogP contribution in [0.1, 0.15) is 18.4 Å². The van der Waals surface area contributed by atoms with Crippen LogP contribution in [0.15, 0.2) is 24.3 Å². The van der Waals surface area contributed by atoms with E-state index in [1.54, 1.807) is 0 Å². The molecule has 1 aromatic rings. The summed E-state index contributed by atoms with van der Waals surface area (Å²) >= 11 is 0. The van der Waals surface area contributed by atoms with E-state index in [1.165, 1.54) is 24.3 Å². The lowest BCUT2D eigenvalue weighted by molar-refractivity contribution is -0.161. The predicted octanol–water partition coefficient (Wildman–Crippen LogP) is 0.990. The van der Waals surface area contributed by atoms with Gasteiger partial charge in [-0.1, -0.05) is 12.1 Å². The van der Waals surface area contributed by atoms with Crippen LogP contribution in [0.2, 0.25) is 0 Å². The Morgan fingerprint density at radius 1 is 1.24 bits per heavy atom. The van der Waals surface area contributed by atoms with E-state index in [9.17, 15) is 18.7 Å². The van der Waals surface area contributed by atoms with Crippen molar-refractivity contribution in [2.24, 2.45) is 0 Å². The van der Waals surface area contributed by atoms with Crippen LogP contribution in [-0.2, 0) is 25.1 Å². The van der Waals surface area contributed by atoms with E-state index in [0.29, 0.717) is 18.5 Å². The molecule has 11 heteroatoms.